The molecule has 3 rings (SSSR count). The van der Waals surface area contributed by atoms with Gasteiger partial charge in [-0.25, -0.2) is 0 Å². The molecule has 1 heteroatoms. The highest BCUT2D eigenvalue weighted by Crippen LogP contribution is 2.26. The summed E-state index contributed by atoms with van der Waals surface area (Å²) in [6, 6.07) is 13.5. The Bertz CT molecular complexity index is 516. The molecular formula is C15H17B. The van der Waals surface area contributed by atoms with Gasteiger partial charge in [-0.3, -0.25) is 0 Å². The molecule has 0 N–H and O–H groups in total. The van der Waals surface area contributed by atoms with Crippen molar-refractivity contribution in [2.24, 2.45) is 0 Å². The fourth-order valence-corrected chi connectivity index (χ4v) is 2.88. The molecule has 1 heterocycles. The van der Waals surface area contributed by atoms with Gasteiger partial charge in [-0.2, -0.15) is 0 Å². The van der Waals surface area contributed by atoms with Gasteiger partial charge in [0.25, 0.3) is 0 Å². The number of aryl methyl sites for hydroxylation is 1. The SMILES string of the molecule is CB1CCCc2cc3ccccc3cc2C1. The Labute approximate surface area is 97.8 Å². The van der Waals surface area contributed by atoms with Crippen LogP contribution in [0.2, 0.25) is 13.1 Å². The molecule has 0 aliphatic carbocycles. The van der Waals surface area contributed by atoms with Crippen LogP contribution in [0.1, 0.15) is 17.5 Å². The van der Waals surface area contributed by atoms with Crippen LogP contribution < -0.4 is 0 Å². The summed E-state index contributed by atoms with van der Waals surface area (Å²) in [4.78, 5) is 0. The number of hydrogen-bond acceptors (Lipinski definition) is 0. The Hall–Kier alpha value is -1.24. The highest BCUT2D eigenvalue weighted by Gasteiger charge is 2.15. The monoisotopic (exact) mass is 208 g/mol. The van der Waals surface area contributed by atoms with Crippen LogP contribution in [0.15, 0.2) is 36.4 Å². The molecule has 2 aromatic carbocycles. The highest BCUT2D eigenvalue weighted by atomic mass is 14.1. The van der Waals surface area contributed by atoms with Crippen LogP contribution >= 0.6 is 0 Å². The van der Waals surface area contributed by atoms with Gasteiger partial charge in [0.05, 0.1) is 0 Å². The summed E-state index contributed by atoms with van der Waals surface area (Å²) in [5.41, 5.74) is 3.17. The van der Waals surface area contributed by atoms with E-state index in [0.29, 0.717) is 0 Å². The first-order chi connectivity index (χ1) is 7.83. The summed E-state index contributed by atoms with van der Waals surface area (Å²) in [6.45, 7) is 3.23. The van der Waals surface area contributed by atoms with Gasteiger partial charge in [0.2, 0.25) is 0 Å². The van der Waals surface area contributed by atoms with Gasteiger partial charge < -0.3 is 0 Å². The van der Waals surface area contributed by atoms with E-state index >= 15 is 0 Å². The second-order valence-corrected chi connectivity index (χ2v) is 5.17. The molecule has 0 spiro atoms. The van der Waals surface area contributed by atoms with E-state index in [4.69, 9.17) is 0 Å². The third-order valence-electron chi connectivity index (χ3n) is 3.78. The van der Waals surface area contributed by atoms with Gasteiger partial charge in [-0.05, 0) is 29.1 Å². The molecule has 0 nitrogen and oxygen atoms in total. The van der Waals surface area contributed by atoms with Crippen molar-refractivity contribution in [3.8, 4) is 0 Å². The molecular weight excluding hydrogens is 191 g/mol. The maximum absolute atomic E-state index is 2.41. The van der Waals surface area contributed by atoms with E-state index in [1.54, 1.807) is 11.1 Å². The van der Waals surface area contributed by atoms with Gasteiger partial charge in [-0.15, -0.1) is 0 Å². The Morgan fingerprint density at radius 1 is 1.00 bits per heavy atom. The van der Waals surface area contributed by atoms with Gasteiger partial charge in [0.15, 0.2) is 0 Å². The third-order valence-corrected chi connectivity index (χ3v) is 3.78. The first kappa shape index (κ1) is 9.95. The lowest BCUT2D eigenvalue weighted by molar-refractivity contribution is 0.918. The lowest BCUT2D eigenvalue weighted by atomic mass is 9.46. The van der Waals surface area contributed by atoms with Crippen molar-refractivity contribution in [1.82, 2.24) is 0 Å². The molecule has 16 heavy (non-hydrogen) atoms. The van der Waals surface area contributed by atoms with E-state index in [-0.39, 0.29) is 0 Å². The lowest BCUT2D eigenvalue weighted by Gasteiger charge is -2.09. The van der Waals surface area contributed by atoms with E-state index in [1.165, 1.54) is 36.3 Å². The largest absolute Gasteiger partial charge is 0.141 e. The molecule has 1 aliphatic rings. The molecule has 0 aromatic heterocycles. The fourth-order valence-electron chi connectivity index (χ4n) is 2.88. The molecule has 0 unspecified atom stereocenters. The molecule has 0 fully saturated rings. The predicted octanol–water partition coefficient (Wildman–Crippen LogP) is 3.99. The molecule has 0 amide bonds. The highest BCUT2D eigenvalue weighted by molar-refractivity contribution is 6.56. The summed E-state index contributed by atoms with van der Waals surface area (Å²) >= 11 is 0. The van der Waals surface area contributed by atoms with Crippen LogP contribution in [0.5, 0.6) is 0 Å². The summed E-state index contributed by atoms with van der Waals surface area (Å²) in [5.74, 6) is 0. The molecule has 80 valence electrons. The minimum atomic E-state index is 0.849. The van der Waals surface area contributed by atoms with Crippen LogP contribution in [-0.4, -0.2) is 6.71 Å². The minimum absolute atomic E-state index is 0.849. The Balaban J connectivity index is 2.16. The molecule has 0 saturated carbocycles. The van der Waals surface area contributed by atoms with Crippen molar-refractivity contribution in [3.63, 3.8) is 0 Å². The number of benzene rings is 2. The molecule has 0 bridgehead atoms. The molecule has 2 aromatic rings. The van der Waals surface area contributed by atoms with Crippen LogP contribution in [0.4, 0.5) is 0 Å². The molecule has 1 aliphatic heterocycles. The molecule has 0 radical (unpaired) electrons. The number of fused-ring (bicyclic) bond motifs is 2. The lowest BCUT2D eigenvalue weighted by Crippen LogP contribution is -2.09. The van der Waals surface area contributed by atoms with Crippen molar-refractivity contribution in [3.05, 3.63) is 47.5 Å². The summed E-state index contributed by atoms with van der Waals surface area (Å²) in [7, 11) is 0. The number of hydrogen-bond donors (Lipinski definition) is 0. The zero-order valence-electron chi connectivity index (χ0n) is 9.87. The average Bonchev–Trinajstić information content (AvgIpc) is 2.46. The maximum Gasteiger partial charge on any atom is 0.141 e. The van der Waals surface area contributed by atoms with E-state index in [1.807, 2.05) is 0 Å². The van der Waals surface area contributed by atoms with E-state index in [9.17, 15) is 0 Å². The fraction of sp³-hybridized carbons (Fsp3) is 0.333. The van der Waals surface area contributed by atoms with Crippen LogP contribution in [0.3, 0.4) is 0 Å². The van der Waals surface area contributed by atoms with Gasteiger partial charge >= 0.3 is 0 Å². The van der Waals surface area contributed by atoms with Crippen LogP contribution in [0.25, 0.3) is 10.8 Å². The first-order valence-electron chi connectivity index (χ1n) is 6.33. The average molecular weight is 208 g/mol. The zero-order valence-corrected chi connectivity index (χ0v) is 9.87. The smallest absolute Gasteiger partial charge is 0.0858 e. The quantitative estimate of drug-likeness (QED) is 0.574. The van der Waals surface area contributed by atoms with Crippen molar-refractivity contribution in [2.45, 2.75) is 32.3 Å². The molecule has 0 saturated heterocycles. The standard InChI is InChI=1S/C15H17B/c1-16-8-4-7-14-9-12-5-2-3-6-13(12)10-15(14)11-16/h2-3,5-6,9-10H,4,7-8,11H2,1H3. The number of rotatable bonds is 0. The maximum atomic E-state index is 2.41. The summed E-state index contributed by atoms with van der Waals surface area (Å²) < 4.78 is 0. The Morgan fingerprint density at radius 3 is 2.44 bits per heavy atom. The topological polar surface area (TPSA) is 0 Å². The second kappa shape index (κ2) is 3.97. The van der Waals surface area contributed by atoms with Crippen LogP contribution in [-0.2, 0) is 12.7 Å². The summed E-state index contributed by atoms with van der Waals surface area (Å²) in [6.07, 6.45) is 5.27. The predicted molar refractivity (Wildman–Crippen MR) is 72.4 cm³/mol. The van der Waals surface area contributed by atoms with E-state index < -0.39 is 0 Å². The summed E-state index contributed by atoms with van der Waals surface area (Å²) in [5, 5.41) is 2.80. The molecule has 0 atom stereocenters. The van der Waals surface area contributed by atoms with E-state index in [0.717, 1.165) is 6.71 Å². The second-order valence-electron chi connectivity index (χ2n) is 5.17. The Morgan fingerprint density at radius 2 is 1.69 bits per heavy atom. The Kier molecular flexibility index (Phi) is 2.47. The van der Waals surface area contributed by atoms with Crippen molar-refractivity contribution < 1.29 is 0 Å². The van der Waals surface area contributed by atoms with Crippen LogP contribution in [0, 0.1) is 0 Å². The first-order valence-corrected chi connectivity index (χ1v) is 6.33. The van der Waals surface area contributed by atoms with Gasteiger partial charge in [0, 0.05) is 0 Å². The zero-order chi connectivity index (χ0) is 11.0. The third kappa shape index (κ3) is 1.75. The minimum Gasteiger partial charge on any atom is -0.0858 e. The normalized spacial score (nSPS) is 15.9. The van der Waals surface area contributed by atoms with Gasteiger partial charge in [-0.1, -0.05) is 61.5 Å². The van der Waals surface area contributed by atoms with Crippen molar-refractivity contribution in [2.75, 3.05) is 0 Å². The van der Waals surface area contributed by atoms with Crippen molar-refractivity contribution >= 4 is 17.5 Å². The van der Waals surface area contributed by atoms with E-state index in [2.05, 4.69) is 43.2 Å². The van der Waals surface area contributed by atoms with Gasteiger partial charge in [0.1, 0.15) is 6.71 Å². The van der Waals surface area contributed by atoms with Crippen molar-refractivity contribution in [1.29, 1.82) is 0 Å².